The highest BCUT2D eigenvalue weighted by atomic mass is 32.1. The zero-order chi connectivity index (χ0) is 13.9. The van der Waals surface area contributed by atoms with Crippen LogP contribution >= 0.6 is 11.3 Å². The fourth-order valence-electron chi connectivity index (χ4n) is 1.70. The molecular weight excluding hydrogens is 276 g/mol. The Morgan fingerprint density at radius 1 is 1.40 bits per heavy atom. The molecule has 0 saturated carbocycles. The van der Waals surface area contributed by atoms with Gasteiger partial charge in [-0.05, 0) is 46.5 Å². The molecule has 8 heteroatoms. The van der Waals surface area contributed by atoms with Crippen molar-refractivity contribution in [2.45, 2.75) is 6.92 Å². The summed E-state index contributed by atoms with van der Waals surface area (Å²) in [7, 11) is 0. The number of pyridine rings is 1. The van der Waals surface area contributed by atoms with E-state index >= 15 is 0 Å². The van der Waals surface area contributed by atoms with Crippen molar-refractivity contribution in [3.8, 4) is 5.69 Å². The van der Waals surface area contributed by atoms with E-state index < -0.39 is 0 Å². The molecule has 0 aliphatic rings. The molecule has 0 spiro atoms. The molecule has 100 valence electrons. The Morgan fingerprint density at radius 2 is 2.30 bits per heavy atom. The average molecular weight is 286 g/mol. The minimum Gasteiger partial charge on any atom is -0.306 e. The number of carbonyl (C=O) groups excluding carboxylic acids is 1. The summed E-state index contributed by atoms with van der Waals surface area (Å²) in [5, 5.41) is 15.5. The number of anilines is 1. The van der Waals surface area contributed by atoms with Crippen LogP contribution < -0.4 is 5.32 Å². The summed E-state index contributed by atoms with van der Waals surface area (Å²) in [6, 6.07) is 5.47. The summed E-state index contributed by atoms with van der Waals surface area (Å²) in [5.74, 6) is 0.287. The number of aryl methyl sites for hydroxylation is 1. The number of hydrogen-bond acceptors (Lipinski definition) is 6. The second-order valence-corrected chi connectivity index (χ2v) is 4.98. The molecule has 3 rings (SSSR count). The maximum atomic E-state index is 12.3. The Kier molecular flexibility index (Phi) is 3.21. The van der Waals surface area contributed by atoms with Crippen LogP contribution in [0.15, 0.2) is 36.1 Å². The first kappa shape index (κ1) is 12.4. The summed E-state index contributed by atoms with van der Waals surface area (Å²) in [4.78, 5) is 16.9. The van der Waals surface area contributed by atoms with Gasteiger partial charge in [0.2, 0.25) is 0 Å². The molecule has 7 nitrogen and oxygen atoms in total. The van der Waals surface area contributed by atoms with E-state index in [1.165, 1.54) is 22.3 Å². The number of tetrazole rings is 1. The van der Waals surface area contributed by atoms with Crippen molar-refractivity contribution in [2.75, 3.05) is 5.32 Å². The van der Waals surface area contributed by atoms with Crippen LogP contribution in [-0.2, 0) is 0 Å². The van der Waals surface area contributed by atoms with Crippen LogP contribution in [0.25, 0.3) is 5.69 Å². The molecule has 3 aromatic rings. The molecule has 0 aromatic carbocycles. The Bertz CT molecular complexity index is 736. The van der Waals surface area contributed by atoms with Crippen LogP contribution in [0.1, 0.15) is 15.2 Å². The highest BCUT2D eigenvalue weighted by molar-refractivity contribution is 7.12. The number of rotatable bonds is 3. The van der Waals surface area contributed by atoms with Crippen molar-refractivity contribution >= 4 is 23.1 Å². The first-order chi connectivity index (χ1) is 9.74. The second kappa shape index (κ2) is 5.17. The third-order valence-electron chi connectivity index (χ3n) is 2.60. The lowest BCUT2D eigenvalue weighted by molar-refractivity contribution is 0.103. The van der Waals surface area contributed by atoms with Crippen molar-refractivity contribution in [2.24, 2.45) is 0 Å². The standard InChI is InChI=1S/C12H10N6OS/c1-8-2-4-13-10(6-8)15-12(19)11-9(3-5-20-11)18-7-14-16-17-18/h2-7H,1H3,(H,13,15,19). The molecule has 0 radical (unpaired) electrons. The van der Waals surface area contributed by atoms with Crippen molar-refractivity contribution in [1.29, 1.82) is 0 Å². The fraction of sp³-hybridized carbons (Fsp3) is 0.0833. The molecule has 0 aliphatic heterocycles. The molecule has 0 atom stereocenters. The van der Waals surface area contributed by atoms with E-state index in [0.29, 0.717) is 16.4 Å². The maximum absolute atomic E-state index is 12.3. The monoisotopic (exact) mass is 286 g/mol. The van der Waals surface area contributed by atoms with Gasteiger partial charge in [-0.2, -0.15) is 4.68 Å². The SMILES string of the molecule is Cc1ccnc(NC(=O)c2sccc2-n2cnnn2)c1. The number of nitrogens with zero attached hydrogens (tertiary/aromatic N) is 5. The van der Waals surface area contributed by atoms with E-state index in [2.05, 4.69) is 25.8 Å². The second-order valence-electron chi connectivity index (χ2n) is 4.06. The van der Waals surface area contributed by atoms with Gasteiger partial charge in [-0.25, -0.2) is 4.98 Å². The van der Waals surface area contributed by atoms with Gasteiger partial charge in [0.25, 0.3) is 5.91 Å². The molecular formula is C12H10N6OS. The number of aromatic nitrogens is 5. The predicted molar refractivity (Wildman–Crippen MR) is 74.0 cm³/mol. The van der Waals surface area contributed by atoms with Crippen LogP contribution in [0.2, 0.25) is 0 Å². The van der Waals surface area contributed by atoms with Gasteiger partial charge in [-0.15, -0.1) is 16.4 Å². The van der Waals surface area contributed by atoms with Crippen molar-refractivity contribution < 1.29 is 4.79 Å². The number of amides is 1. The van der Waals surface area contributed by atoms with E-state index in [9.17, 15) is 4.79 Å². The van der Waals surface area contributed by atoms with E-state index in [4.69, 9.17) is 0 Å². The van der Waals surface area contributed by atoms with Gasteiger partial charge in [0.05, 0.1) is 5.69 Å². The van der Waals surface area contributed by atoms with E-state index in [-0.39, 0.29) is 5.91 Å². The zero-order valence-electron chi connectivity index (χ0n) is 10.5. The highest BCUT2D eigenvalue weighted by Crippen LogP contribution is 2.21. The van der Waals surface area contributed by atoms with Crippen LogP contribution in [0.3, 0.4) is 0 Å². The Balaban J connectivity index is 1.87. The maximum Gasteiger partial charge on any atom is 0.269 e. The van der Waals surface area contributed by atoms with Crippen molar-refractivity contribution in [3.05, 3.63) is 46.5 Å². The van der Waals surface area contributed by atoms with Gasteiger partial charge in [0, 0.05) is 6.20 Å². The number of thiophene rings is 1. The van der Waals surface area contributed by atoms with E-state index in [1.807, 2.05) is 24.4 Å². The Hall–Kier alpha value is -2.61. The molecule has 0 unspecified atom stereocenters. The zero-order valence-corrected chi connectivity index (χ0v) is 11.3. The van der Waals surface area contributed by atoms with Crippen LogP contribution in [-0.4, -0.2) is 31.1 Å². The average Bonchev–Trinajstić information content (AvgIpc) is 3.09. The summed E-state index contributed by atoms with van der Waals surface area (Å²) in [5.41, 5.74) is 1.67. The molecule has 0 bridgehead atoms. The first-order valence-electron chi connectivity index (χ1n) is 5.79. The number of nitrogens with one attached hydrogen (secondary N) is 1. The number of hydrogen-bond donors (Lipinski definition) is 1. The largest absolute Gasteiger partial charge is 0.306 e. The normalized spacial score (nSPS) is 10.4. The van der Waals surface area contributed by atoms with Crippen molar-refractivity contribution in [3.63, 3.8) is 0 Å². The molecule has 20 heavy (non-hydrogen) atoms. The van der Waals surface area contributed by atoms with Gasteiger partial charge in [0.15, 0.2) is 0 Å². The third kappa shape index (κ3) is 2.41. The molecule has 0 fully saturated rings. The first-order valence-corrected chi connectivity index (χ1v) is 6.67. The molecule has 3 heterocycles. The lowest BCUT2D eigenvalue weighted by Gasteiger charge is -2.05. The molecule has 1 N–H and O–H groups in total. The molecule has 1 amide bonds. The minimum absolute atomic E-state index is 0.233. The molecule has 3 aromatic heterocycles. The summed E-state index contributed by atoms with van der Waals surface area (Å²) < 4.78 is 1.45. The van der Waals surface area contributed by atoms with E-state index in [0.717, 1.165) is 5.56 Å². The predicted octanol–water partition coefficient (Wildman–Crippen LogP) is 1.68. The summed E-state index contributed by atoms with van der Waals surface area (Å²) in [6.45, 7) is 1.94. The lowest BCUT2D eigenvalue weighted by Crippen LogP contribution is -2.14. The van der Waals surface area contributed by atoms with Crippen LogP contribution in [0.4, 0.5) is 5.82 Å². The fourth-order valence-corrected chi connectivity index (χ4v) is 2.48. The van der Waals surface area contributed by atoms with Gasteiger partial charge >= 0.3 is 0 Å². The summed E-state index contributed by atoms with van der Waals surface area (Å²) >= 11 is 1.32. The topological polar surface area (TPSA) is 85.6 Å². The third-order valence-corrected chi connectivity index (χ3v) is 3.51. The van der Waals surface area contributed by atoms with Crippen molar-refractivity contribution in [1.82, 2.24) is 25.2 Å². The van der Waals surface area contributed by atoms with Gasteiger partial charge in [0.1, 0.15) is 17.0 Å². The van der Waals surface area contributed by atoms with Gasteiger partial charge in [-0.3, -0.25) is 4.79 Å². The minimum atomic E-state index is -0.233. The number of carbonyl (C=O) groups is 1. The van der Waals surface area contributed by atoms with Crippen LogP contribution in [0.5, 0.6) is 0 Å². The van der Waals surface area contributed by atoms with Gasteiger partial charge < -0.3 is 5.32 Å². The van der Waals surface area contributed by atoms with E-state index in [1.54, 1.807) is 12.3 Å². The Morgan fingerprint density at radius 3 is 3.05 bits per heavy atom. The lowest BCUT2D eigenvalue weighted by atomic mass is 10.3. The van der Waals surface area contributed by atoms with Crippen LogP contribution in [0, 0.1) is 6.92 Å². The Labute approximate surface area is 118 Å². The van der Waals surface area contributed by atoms with Gasteiger partial charge in [-0.1, -0.05) is 0 Å². The molecule has 0 saturated heterocycles. The summed E-state index contributed by atoms with van der Waals surface area (Å²) in [6.07, 6.45) is 3.10. The molecule has 0 aliphatic carbocycles. The smallest absolute Gasteiger partial charge is 0.269 e. The quantitative estimate of drug-likeness (QED) is 0.791. The highest BCUT2D eigenvalue weighted by Gasteiger charge is 2.16.